The van der Waals surface area contributed by atoms with Crippen molar-refractivity contribution in [3.63, 3.8) is 0 Å². The molecule has 0 unspecified atom stereocenters. The maximum atomic E-state index is 5.88. The highest BCUT2D eigenvalue weighted by atomic mass is 16.5. The van der Waals surface area contributed by atoms with E-state index < -0.39 is 0 Å². The molecule has 116 valence electrons. The highest BCUT2D eigenvalue weighted by Gasteiger charge is 2.02. The van der Waals surface area contributed by atoms with E-state index in [0.29, 0.717) is 0 Å². The molecule has 1 heterocycles. The van der Waals surface area contributed by atoms with E-state index in [4.69, 9.17) is 4.74 Å². The van der Waals surface area contributed by atoms with E-state index in [1.807, 2.05) is 56.7 Å². The zero-order valence-corrected chi connectivity index (χ0v) is 13.4. The standard InChI is InChI=1S/C20H20N2O/c1-22(2)18-13-10-16(11-14-18)9-12-17-6-3-4-7-19(17)23-20-8-5-15-21-20/h3-15,21H,1-2H3. The summed E-state index contributed by atoms with van der Waals surface area (Å²) in [6.07, 6.45) is 6.01. The van der Waals surface area contributed by atoms with Gasteiger partial charge in [0.25, 0.3) is 0 Å². The Balaban J connectivity index is 1.79. The maximum absolute atomic E-state index is 5.88. The van der Waals surface area contributed by atoms with E-state index in [-0.39, 0.29) is 0 Å². The lowest BCUT2D eigenvalue weighted by Crippen LogP contribution is -2.07. The SMILES string of the molecule is CN(C)c1ccc(C=Cc2ccccc2Oc2ccc[nH]2)cc1. The third kappa shape index (κ3) is 3.83. The van der Waals surface area contributed by atoms with Crippen molar-refractivity contribution in [2.24, 2.45) is 0 Å². The van der Waals surface area contributed by atoms with Crippen LogP contribution in [0, 0.1) is 0 Å². The third-order valence-corrected chi connectivity index (χ3v) is 3.57. The fraction of sp³-hybridized carbons (Fsp3) is 0.100. The summed E-state index contributed by atoms with van der Waals surface area (Å²) in [4.78, 5) is 5.14. The zero-order chi connectivity index (χ0) is 16.1. The van der Waals surface area contributed by atoms with Gasteiger partial charge < -0.3 is 14.6 Å². The number of nitrogens with one attached hydrogen (secondary N) is 1. The van der Waals surface area contributed by atoms with Crippen LogP contribution in [0.4, 0.5) is 5.69 Å². The lowest BCUT2D eigenvalue weighted by atomic mass is 10.1. The van der Waals surface area contributed by atoms with Gasteiger partial charge in [0.15, 0.2) is 5.88 Å². The number of rotatable bonds is 5. The molecule has 2 aromatic carbocycles. The molecule has 0 saturated carbocycles. The monoisotopic (exact) mass is 304 g/mol. The molecule has 3 nitrogen and oxygen atoms in total. The molecule has 1 aromatic heterocycles. The van der Waals surface area contributed by atoms with Crippen LogP contribution in [0.5, 0.6) is 11.6 Å². The van der Waals surface area contributed by atoms with Crippen molar-refractivity contribution < 1.29 is 4.74 Å². The van der Waals surface area contributed by atoms with Gasteiger partial charge in [-0.2, -0.15) is 0 Å². The molecule has 0 amide bonds. The average molecular weight is 304 g/mol. The van der Waals surface area contributed by atoms with E-state index in [1.165, 1.54) is 5.69 Å². The number of nitrogens with zero attached hydrogens (tertiary/aromatic N) is 1. The second kappa shape index (κ2) is 6.88. The molecule has 3 aromatic rings. The van der Waals surface area contributed by atoms with Gasteiger partial charge in [-0.1, -0.05) is 42.5 Å². The van der Waals surface area contributed by atoms with E-state index in [0.717, 1.165) is 22.8 Å². The smallest absolute Gasteiger partial charge is 0.197 e. The Kier molecular flexibility index (Phi) is 4.48. The molecule has 0 saturated heterocycles. The summed E-state index contributed by atoms with van der Waals surface area (Å²) in [6, 6.07) is 20.3. The Hall–Kier alpha value is -2.94. The first-order valence-corrected chi connectivity index (χ1v) is 7.58. The Bertz CT molecular complexity index is 772. The lowest BCUT2D eigenvalue weighted by molar-refractivity contribution is 0.465. The van der Waals surface area contributed by atoms with Crippen LogP contribution < -0.4 is 9.64 Å². The molecule has 0 atom stereocenters. The first kappa shape index (κ1) is 15.0. The minimum Gasteiger partial charge on any atom is -0.440 e. The second-order valence-corrected chi connectivity index (χ2v) is 5.49. The van der Waals surface area contributed by atoms with Crippen LogP contribution in [-0.4, -0.2) is 19.1 Å². The average Bonchev–Trinajstić information content (AvgIpc) is 3.07. The van der Waals surface area contributed by atoms with Crippen molar-refractivity contribution in [3.05, 3.63) is 78.0 Å². The topological polar surface area (TPSA) is 28.3 Å². The quantitative estimate of drug-likeness (QED) is 0.669. The van der Waals surface area contributed by atoms with Gasteiger partial charge in [-0.25, -0.2) is 0 Å². The molecule has 23 heavy (non-hydrogen) atoms. The minimum absolute atomic E-state index is 0.737. The van der Waals surface area contributed by atoms with Crippen molar-refractivity contribution in [2.45, 2.75) is 0 Å². The summed E-state index contributed by atoms with van der Waals surface area (Å²) in [5, 5.41) is 0. The Morgan fingerprint density at radius 2 is 1.65 bits per heavy atom. The number of hydrogen-bond donors (Lipinski definition) is 1. The van der Waals surface area contributed by atoms with Gasteiger partial charge in [-0.15, -0.1) is 0 Å². The molecule has 1 N–H and O–H groups in total. The minimum atomic E-state index is 0.737. The van der Waals surface area contributed by atoms with Gasteiger partial charge in [0, 0.05) is 37.6 Å². The number of aromatic amines is 1. The van der Waals surface area contributed by atoms with E-state index >= 15 is 0 Å². The summed E-state index contributed by atoms with van der Waals surface area (Å²) in [5.41, 5.74) is 3.39. The predicted octanol–water partition coefficient (Wildman–Crippen LogP) is 5.04. The van der Waals surface area contributed by atoms with Crippen molar-refractivity contribution in [1.82, 2.24) is 4.98 Å². The van der Waals surface area contributed by atoms with E-state index in [2.05, 4.69) is 46.3 Å². The van der Waals surface area contributed by atoms with Gasteiger partial charge in [0.2, 0.25) is 0 Å². The molecule has 0 radical (unpaired) electrons. The maximum Gasteiger partial charge on any atom is 0.197 e. The van der Waals surface area contributed by atoms with E-state index in [9.17, 15) is 0 Å². The molecule has 0 aliphatic carbocycles. The van der Waals surface area contributed by atoms with Crippen LogP contribution in [0.3, 0.4) is 0 Å². The summed E-state index contributed by atoms with van der Waals surface area (Å²) < 4.78 is 5.88. The molecular weight excluding hydrogens is 284 g/mol. The summed E-state index contributed by atoms with van der Waals surface area (Å²) >= 11 is 0. The van der Waals surface area contributed by atoms with Crippen LogP contribution in [0.1, 0.15) is 11.1 Å². The van der Waals surface area contributed by atoms with Gasteiger partial charge >= 0.3 is 0 Å². The largest absolute Gasteiger partial charge is 0.440 e. The predicted molar refractivity (Wildman–Crippen MR) is 97.0 cm³/mol. The Morgan fingerprint density at radius 1 is 0.870 bits per heavy atom. The number of H-pyrrole nitrogens is 1. The zero-order valence-electron chi connectivity index (χ0n) is 13.4. The molecular formula is C20H20N2O. The van der Waals surface area contributed by atoms with Crippen LogP contribution in [0.25, 0.3) is 12.2 Å². The fourth-order valence-electron chi connectivity index (χ4n) is 2.28. The molecule has 0 aliphatic rings. The number of para-hydroxylation sites is 1. The summed E-state index contributed by atoms with van der Waals surface area (Å²) in [7, 11) is 4.08. The van der Waals surface area contributed by atoms with Crippen LogP contribution in [-0.2, 0) is 0 Å². The Labute approximate surface area is 136 Å². The molecule has 3 heteroatoms. The normalized spacial score (nSPS) is 10.9. The molecule has 0 fully saturated rings. The lowest BCUT2D eigenvalue weighted by Gasteiger charge is -2.11. The number of hydrogen-bond acceptors (Lipinski definition) is 2. The van der Waals surface area contributed by atoms with Crippen LogP contribution in [0.15, 0.2) is 66.9 Å². The van der Waals surface area contributed by atoms with Crippen LogP contribution >= 0.6 is 0 Å². The number of benzene rings is 2. The first-order valence-electron chi connectivity index (χ1n) is 7.58. The first-order chi connectivity index (χ1) is 11.2. The fourth-order valence-corrected chi connectivity index (χ4v) is 2.28. The molecule has 0 bridgehead atoms. The van der Waals surface area contributed by atoms with Gasteiger partial charge in [0.1, 0.15) is 5.75 Å². The summed E-state index contributed by atoms with van der Waals surface area (Å²) in [5.74, 6) is 1.57. The number of aromatic nitrogens is 1. The molecule has 3 rings (SSSR count). The molecule has 0 aliphatic heterocycles. The van der Waals surface area contributed by atoms with Gasteiger partial charge in [-0.05, 0) is 29.8 Å². The third-order valence-electron chi connectivity index (χ3n) is 3.57. The van der Waals surface area contributed by atoms with E-state index in [1.54, 1.807) is 0 Å². The second-order valence-electron chi connectivity index (χ2n) is 5.49. The van der Waals surface area contributed by atoms with Gasteiger partial charge in [0.05, 0.1) is 0 Å². The number of ether oxygens (including phenoxy) is 1. The highest BCUT2D eigenvalue weighted by Crippen LogP contribution is 2.25. The number of anilines is 1. The van der Waals surface area contributed by atoms with Crippen molar-refractivity contribution in [1.29, 1.82) is 0 Å². The Morgan fingerprint density at radius 3 is 2.35 bits per heavy atom. The van der Waals surface area contributed by atoms with Gasteiger partial charge in [-0.3, -0.25) is 0 Å². The van der Waals surface area contributed by atoms with Crippen molar-refractivity contribution in [2.75, 3.05) is 19.0 Å². The van der Waals surface area contributed by atoms with Crippen molar-refractivity contribution in [3.8, 4) is 11.6 Å². The van der Waals surface area contributed by atoms with Crippen LogP contribution in [0.2, 0.25) is 0 Å². The molecule has 0 spiro atoms. The highest BCUT2D eigenvalue weighted by molar-refractivity contribution is 5.73. The summed E-state index contributed by atoms with van der Waals surface area (Å²) in [6.45, 7) is 0. The van der Waals surface area contributed by atoms with Crippen molar-refractivity contribution >= 4 is 17.8 Å².